The average Bonchev–Trinajstić information content (AvgIpc) is 2.90. The first-order chi connectivity index (χ1) is 11.0. The lowest BCUT2D eigenvalue weighted by Gasteiger charge is -2.04. The normalized spacial score (nSPS) is 13.2. The van der Waals surface area contributed by atoms with Crippen LogP contribution in [-0.4, -0.2) is 22.6 Å². The zero-order valence-corrected chi connectivity index (χ0v) is 12.9. The van der Waals surface area contributed by atoms with Crippen molar-refractivity contribution in [2.75, 3.05) is 0 Å². The Morgan fingerprint density at radius 1 is 1.13 bits per heavy atom. The van der Waals surface area contributed by atoms with E-state index in [4.69, 9.17) is 5.11 Å². The number of hydrogen-bond acceptors (Lipinski definition) is 4. The number of carboxylic acid groups (broad SMARTS) is 1. The monoisotopic (exact) mass is 332 g/mol. The summed E-state index contributed by atoms with van der Waals surface area (Å²) < 4.78 is 13.4. The van der Waals surface area contributed by atoms with Crippen LogP contribution in [0.1, 0.15) is 48.9 Å². The van der Waals surface area contributed by atoms with Crippen LogP contribution in [0, 0.1) is 5.82 Å². The number of rotatable bonds is 4. The van der Waals surface area contributed by atoms with Crippen LogP contribution in [0.4, 0.5) is 4.39 Å². The summed E-state index contributed by atoms with van der Waals surface area (Å²) in [6.45, 7) is 0. The number of carbonyl (C=O) groups is 3. The maximum Gasteiger partial charge on any atom is 0.303 e. The molecule has 2 aromatic rings. The van der Waals surface area contributed by atoms with Gasteiger partial charge in [-0.3, -0.25) is 14.4 Å². The Bertz CT molecular complexity index is 822. The Kier molecular flexibility index (Phi) is 4.09. The molecular formula is C17H13FO4S. The smallest absolute Gasteiger partial charge is 0.303 e. The second-order valence-corrected chi connectivity index (χ2v) is 6.53. The summed E-state index contributed by atoms with van der Waals surface area (Å²) in [5.74, 6) is -2.05. The van der Waals surface area contributed by atoms with Crippen LogP contribution < -0.4 is 0 Å². The molecule has 0 atom stereocenters. The maximum absolute atomic E-state index is 13.4. The van der Waals surface area contributed by atoms with E-state index in [-0.39, 0.29) is 24.4 Å². The molecule has 0 radical (unpaired) electrons. The van der Waals surface area contributed by atoms with E-state index in [2.05, 4.69) is 0 Å². The van der Waals surface area contributed by atoms with Gasteiger partial charge < -0.3 is 5.11 Å². The van der Waals surface area contributed by atoms with Gasteiger partial charge in [-0.25, -0.2) is 4.39 Å². The molecule has 1 aliphatic rings. The molecule has 0 unspecified atom stereocenters. The van der Waals surface area contributed by atoms with Crippen molar-refractivity contribution in [1.82, 2.24) is 0 Å². The predicted molar refractivity (Wildman–Crippen MR) is 82.8 cm³/mol. The van der Waals surface area contributed by atoms with Gasteiger partial charge in [0.2, 0.25) is 0 Å². The van der Waals surface area contributed by atoms with Gasteiger partial charge in [0, 0.05) is 22.4 Å². The van der Waals surface area contributed by atoms with Crippen LogP contribution in [0.3, 0.4) is 0 Å². The number of Topliss-reactive ketones (excluding diaryl/α,β-unsaturated/α-hetero) is 1. The second kappa shape index (κ2) is 6.04. The van der Waals surface area contributed by atoms with Crippen LogP contribution in [0.5, 0.6) is 0 Å². The second-order valence-electron chi connectivity index (χ2n) is 5.40. The van der Waals surface area contributed by atoms with Crippen LogP contribution in [0.25, 0.3) is 0 Å². The van der Waals surface area contributed by atoms with Crippen LogP contribution >= 0.6 is 11.3 Å². The number of carbonyl (C=O) groups excluding carboxylic acids is 2. The maximum atomic E-state index is 13.4. The number of aliphatic carboxylic acids is 1. The predicted octanol–water partition coefficient (Wildman–Crippen LogP) is 3.26. The fraction of sp³-hybridized carbons (Fsp3) is 0.235. The molecule has 118 valence electrons. The van der Waals surface area contributed by atoms with Crippen molar-refractivity contribution in [3.63, 3.8) is 0 Å². The summed E-state index contributed by atoms with van der Waals surface area (Å²) in [4.78, 5) is 36.4. The minimum atomic E-state index is -1.03. The molecule has 0 saturated heterocycles. The molecule has 0 saturated carbocycles. The summed E-state index contributed by atoms with van der Waals surface area (Å²) in [5, 5.41) is 8.65. The number of ketones is 2. The number of benzene rings is 1. The molecule has 0 aliphatic heterocycles. The van der Waals surface area contributed by atoms with Gasteiger partial charge in [0.15, 0.2) is 11.6 Å². The van der Waals surface area contributed by atoms with Gasteiger partial charge in [-0.1, -0.05) is 6.07 Å². The lowest BCUT2D eigenvalue weighted by molar-refractivity contribution is -0.136. The van der Waals surface area contributed by atoms with E-state index in [1.165, 1.54) is 29.5 Å². The number of carboxylic acids is 1. The number of halogens is 1. The van der Waals surface area contributed by atoms with Crippen molar-refractivity contribution < 1.29 is 23.9 Å². The Labute approximate surface area is 135 Å². The number of fused-ring (bicyclic) bond motifs is 2. The fourth-order valence-corrected chi connectivity index (χ4v) is 3.78. The highest BCUT2D eigenvalue weighted by Gasteiger charge is 2.25. The molecular weight excluding hydrogens is 319 g/mol. The van der Waals surface area contributed by atoms with Gasteiger partial charge in [-0.05, 0) is 36.6 Å². The van der Waals surface area contributed by atoms with Crippen LogP contribution in [0.15, 0.2) is 24.3 Å². The summed E-state index contributed by atoms with van der Waals surface area (Å²) >= 11 is 1.23. The summed E-state index contributed by atoms with van der Waals surface area (Å²) in [7, 11) is 0. The minimum Gasteiger partial charge on any atom is -0.481 e. The van der Waals surface area contributed by atoms with E-state index in [9.17, 15) is 18.8 Å². The van der Waals surface area contributed by atoms with Crippen LogP contribution in [-0.2, 0) is 17.6 Å². The van der Waals surface area contributed by atoms with E-state index >= 15 is 0 Å². The molecule has 1 aromatic heterocycles. The van der Waals surface area contributed by atoms with Crippen molar-refractivity contribution in [3.8, 4) is 0 Å². The molecule has 1 aromatic carbocycles. The van der Waals surface area contributed by atoms with Crippen LogP contribution in [0.2, 0.25) is 0 Å². The molecule has 0 bridgehead atoms. The highest BCUT2D eigenvalue weighted by atomic mass is 32.1. The van der Waals surface area contributed by atoms with Crippen molar-refractivity contribution in [3.05, 3.63) is 56.5 Å². The molecule has 1 heterocycles. The van der Waals surface area contributed by atoms with Gasteiger partial charge in [-0.2, -0.15) is 0 Å². The quantitative estimate of drug-likeness (QED) is 0.872. The molecule has 1 aliphatic carbocycles. The first-order valence-corrected chi connectivity index (χ1v) is 7.98. The minimum absolute atomic E-state index is 0.0892. The van der Waals surface area contributed by atoms with Gasteiger partial charge in [0.25, 0.3) is 0 Å². The molecule has 3 rings (SSSR count). The van der Waals surface area contributed by atoms with E-state index < -0.39 is 11.8 Å². The van der Waals surface area contributed by atoms with E-state index in [0.29, 0.717) is 28.8 Å². The summed E-state index contributed by atoms with van der Waals surface area (Å²) in [6.07, 6.45) is 0.895. The lowest BCUT2D eigenvalue weighted by atomic mass is 10.00. The Balaban J connectivity index is 1.93. The fourth-order valence-electron chi connectivity index (χ4n) is 2.66. The standard InChI is InChI=1S/C17H13FO4S/c18-10-3-1-9-2-5-14-12(17(22)11(9)7-10)8-15(23-14)13(19)4-6-16(20)21/h1,3,7-8H,2,4-6H2,(H,20,21). The zero-order valence-electron chi connectivity index (χ0n) is 12.1. The lowest BCUT2D eigenvalue weighted by Crippen LogP contribution is -2.04. The molecule has 6 heteroatoms. The van der Waals surface area contributed by atoms with Crippen molar-refractivity contribution in [2.24, 2.45) is 0 Å². The highest BCUT2D eigenvalue weighted by Crippen LogP contribution is 2.31. The van der Waals surface area contributed by atoms with Gasteiger partial charge >= 0.3 is 5.97 Å². The molecule has 1 N–H and O–H groups in total. The first kappa shape index (κ1) is 15.6. The third-order valence-corrected chi connectivity index (χ3v) is 5.07. The molecule has 0 amide bonds. The molecule has 4 nitrogen and oxygen atoms in total. The molecule has 0 fully saturated rings. The summed E-state index contributed by atoms with van der Waals surface area (Å²) in [6, 6.07) is 5.72. The van der Waals surface area contributed by atoms with E-state index in [1.807, 2.05) is 0 Å². The summed E-state index contributed by atoms with van der Waals surface area (Å²) in [5.41, 5.74) is 1.57. The third kappa shape index (κ3) is 3.07. The van der Waals surface area contributed by atoms with Gasteiger partial charge in [0.05, 0.1) is 11.3 Å². The van der Waals surface area contributed by atoms with Crippen molar-refractivity contribution >= 4 is 28.9 Å². The SMILES string of the molecule is O=C(O)CCC(=O)c1cc2c(s1)CCc1ccc(F)cc1C2=O. The highest BCUT2D eigenvalue weighted by molar-refractivity contribution is 7.14. The number of thiophene rings is 1. The Hall–Kier alpha value is -2.34. The largest absolute Gasteiger partial charge is 0.481 e. The molecule has 0 spiro atoms. The Morgan fingerprint density at radius 2 is 1.91 bits per heavy atom. The average molecular weight is 332 g/mol. The van der Waals surface area contributed by atoms with Gasteiger partial charge in [-0.15, -0.1) is 11.3 Å². The van der Waals surface area contributed by atoms with Crippen molar-refractivity contribution in [1.29, 1.82) is 0 Å². The third-order valence-electron chi connectivity index (χ3n) is 3.83. The van der Waals surface area contributed by atoms with Gasteiger partial charge in [0.1, 0.15) is 5.82 Å². The van der Waals surface area contributed by atoms with E-state index in [0.717, 1.165) is 10.4 Å². The van der Waals surface area contributed by atoms with E-state index in [1.54, 1.807) is 6.07 Å². The number of aryl methyl sites for hydroxylation is 2. The first-order valence-electron chi connectivity index (χ1n) is 7.16. The zero-order chi connectivity index (χ0) is 16.6. The number of hydrogen-bond donors (Lipinski definition) is 1. The Morgan fingerprint density at radius 3 is 2.65 bits per heavy atom. The molecule has 23 heavy (non-hydrogen) atoms. The van der Waals surface area contributed by atoms with Crippen molar-refractivity contribution in [2.45, 2.75) is 25.7 Å². The topological polar surface area (TPSA) is 71.4 Å².